The fraction of sp³-hybridized carbons (Fsp3) is 0.500. The number of amides is 1. The maximum Gasteiger partial charge on any atom is 0.255 e. The molecule has 6 nitrogen and oxygen atoms in total. The molecule has 0 bridgehead atoms. The molecule has 0 saturated carbocycles. The Hall–Kier alpha value is -1.99. The zero-order chi connectivity index (χ0) is 18.3. The molecule has 1 aromatic carbocycles. The van der Waals surface area contributed by atoms with E-state index in [1.807, 2.05) is 0 Å². The van der Waals surface area contributed by atoms with Crippen molar-refractivity contribution in [3.63, 3.8) is 0 Å². The second kappa shape index (κ2) is 6.96. The van der Waals surface area contributed by atoms with Crippen molar-refractivity contribution in [3.05, 3.63) is 46.3 Å². The van der Waals surface area contributed by atoms with Gasteiger partial charge in [0.1, 0.15) is 11.6 Å². The molecule has 2 aliphatic rings. The van der Waals surface area contributed by atoms with Gasteiger partial charge in [-0.1, -0.05) is 11.6 Å². The first-order chi connectivity index (χ1) is 12.5. The number of nitrogens with zero attached hydrogens (tertiary/aromatic N) is 4. The number of fused-ring (bicyclic) bond motifs is 1. The molecule has 0 aliphatic carbocycles. The molecule has 0 N–H and O–H groups in total. The van der Waals surface area contributed by atoms with Gasteiger partial charge in [-0.15, -0.1) is 10.2 Å². The fourth-order valence-corrected chi connectivity index (χ4v) is 4.03. The standard InChI is InChI=1S/C18H20ClFN4O2/c1-11-9-23(18(25)14-3-2-13(20)8-15(14)19)10-16-21-22-17(24(11)16)12-4-6-26-7-5-12/h2-3,8,11-12H,4-7,9-10H2,1H3/t11-/m0/s1. The number of rotatable bonds is 2. The van der Waals surface area contributed by atoms with E-state index < -0.39 is 5.82 Å². The van der Waals surface area contributed by atoms with Crippen LogP contribution in [0.3, 0.4) is 0 Å². The van der Waals surface area contributed by atoms with Crippen LogP contribution in [0.15, 0.2) is 18.2 Å². The van der Waals surface area contributed by atoms with Gasteiger partial charge in [0.05, 0.1) is 23.2 Å². The number of halogens is 2. The lowest BCUT2D eigenvalue weighted by atomic mass is 9.98. The molecule has 8 heteroatoms. The number of aromatic nitrogens is 3. The summed E-state index contributed by atoms with van der Waals surface area (Å²) in [7, 11) is 0. The molecule has 2 aromatic rings. The molecular formula is C18H20ClFN4O2. The van der Waals surface area contributed by atoms with Crippen molar-refractivity contribution < 1.29 is 13.9 Å². The third kappa shape index (κ3) is 3.10. The van der Waals surface area contributed by atoms with Crippen molar-refractivity contribution in [2.24, 2.45) is 0 Å². The van der Waals surface area contributed by atoms with Crippen molar-refractivity contribution >= 4 is 17.5 Å². The van der Waals surface area contributed by atoms with Gasteiger partial charge < -0.3 is 14.2 Å². The van der Waals surface area contributed by atoms with Gasteiger partial charge in [0, 0.05) is 25.7 Å². The van der Waals surface area contributed by atoms with Gasteiger partial charge in [-0.05, 0) is 38.0 Å². The Morgan fingerprint density at radius 1 is 1.31 bits per heavy atom. The van der Waals surface area contributed by atoms with E-state index >= 15 is 0 Å². The van der Waals surface area contributed by atoms with Crippen molar-refractivity contribution in [1.82, 2.24) is 19.7 Å². The molecule has 2 aliphatic heterocycles. The van der Waals surface area contributed by atoms with Crippen molar-refractivity contribution in [2.45, 2.75) is 38.3 Å². The van der Waals surface area contributed by atoms with E-state index in [1.165, 1.54) is 12.1 Å². The normalized spacial score (nSPS) is 20.9. The van der Waals surface area contributed by atoms with Gasteiger partial charge in [0.25, 0.3) is 5.91 Å². The predicted octanol–water partition coefficient (Wildman–Crippen LogP) is 3.18. The highest BCUT2D eigenvalue weighted by molar-refractivity contribution is 6.33. The highest BCUT2D eigenvalue weighted by Gasteiger charge is 2.33. The van der Waals surface area contributed by atoms with Crippen molar-refractivity contribution in [1.29, 1.82) is 0 Å². The zero-order valence-corrected chi connectivity index (χ0v) is 15.2. The number of hydrogen-bond acceptors (Lipinski definition) is 4. The average Bonchev–Trinajstić information content (AvgIpc) is 3.06. The molecule has 0 spiro atoms. The number of carbonyl (C=O) groups is 1. The van der Waals surface area contributed by atoms with E-state index in [0.717, 1.165) is 43.8 Å². The first-order valence-electron chi connectivity index (χ1n) is 8.80. The minimum atomic E-state index is -0.459. The first kappa shape index (κ1) is 17.4. The zero-order valence-electron chi connectivity index (χ0n) is 14.5. The molecule has 1 saturated heterocycles. The number of hydrogen-bond donors (Lipinski definition) is 0. The van der Waals surface area contributed by atoms with Crippen LogP contribution in [-0.2, 0) is 11.3 Å². The maximum absolute atomic E-state index is 13.3. The van der Waals surface area contributed by atoms with Crippen LogP contribution >= 0.6 is 11.6 Å². The third-order valence-corrected chi connectivity index (χ3v) is 5.40. The Morgan fingerprint density at radius 3 is 2.81 bits per heavy atom. The number of ether oxygens (including phenoxy) is 1. The summed E-state index contributed by atoms with van der Waals surface area (Å²) in [5.74, 6) is 1.43. The lowest BCUT2D eigenvalue weighted by Crippen LogP contribution is -2.41. The number of benzene rings is 1. The van der Waals surface area contributed by atoms with Gasteiger partial charge in [0.15, 0.2) is 5.82 Å². The quantitative estimate of drug-likeness (QED) is 0.805. The van der Waals surface area contributed by atoms with Crippen LogP contribution in [0.4, 0.5) is 4.39 Å². The average molecular weight is 379 g/mol. The molecule has 1 atom stereocenters. The van der Waals surface area contributed by atoms with Gasteiger partial charge in [-0.3, -0.25) is 4.79 Å². The first-order valence-corrected chi connectivity index (χ1v) is 9.18. The summed E-state index contributed by atoms with van der Waals surface area (Å²) in [5.41, 5.74) is 0.304. The van der Waals surface area contributed by atoms with E-state index in [0.29, 0.717) is 24.6 Å². The van der Waals surface area contributed by atoms with E-state index in [9.17, 15) is 9.18 Å². The lowest BCUT2D eigenvalue weighted by molar-refractivity contribution is 0.0669. The highest BCUT2D eigenvalue weighted by Crippen LogP contribution is 2.31. The largest absolute Gasteiger partial charge is 0.381 e. The Bertz CT molecular complexity index is 835. The van der Waals surface area contributed by atoms with Crippen LogP contribution in [0.5, 0.6) is 0 Å². The predicted molar refractivity (Wildman–Crippen MR) is 93.7 cm³/mol. The fourth-order valence-electron chi connectivity index (χ4n) is 3.78. The van der Waals surface area contributed by atoms with E-state index in [4.69, 9.17) is 16.3 Å². The van der Waals surface area contributed by atoms with Crippen LogP contribution in [0.2, 0.25) is 5.02 Å². The molecule has 1 fully saturated rings. The summed E-state index contributed by atoms with van der Waals surface area (Å²) in [4.78, 5) is 14.5. The van der Waals surface area contributed by atoms with Crippen LogP contribution in [0.25, 0.3) is 0 Å². The highest BCUT2D eigenvalue weighted by atomic mass is 35.5. The molecule has 26 heavy (non-hydrogen) atoms. The topological polar surface area (TPSA) is 60.3 Å². The summed E-state index contributed by atoms with van der Waals surface area (Å²) in [6, 6.07) is 3.90. The monoisotopic (exact) mass is 378 g/mol. The molecule has 1 amide bonds. The molecule has 0 unspecified atom stereocenters. The van der Waals surface area contributed by atoms with E-state index in [2.05, 4.69) is 21.7 Å². The van der Waals surface area contributed by atoms with Crippen LogP contribution in [-0.4, -0.2) is 45.3 Å². The summed E-state index contributed by atoms with van der Waals surface area (Å²) in [6.45, 7) is 4.45. The smallest absolute Gasteiger partial charge is 0.255 e. The Morgan fingerprint density at radius 2 is 2.08 bits per heavy atom. The summed E-state index contributed by atoms with van der Waals surface area (Å²) in [6.07, 6.45) is 1.89. The SMILES string of the molecule is C[C@H]1CN(C(=O)c2ccc(F)cc2Cl)Cc2nnc(C3CCOCC3)n21. The maximum atomic E-state index is 13.3. The van der Waals surface area contributed by atoms with Gasteiger partial charge in [-0.25, -0.2) is 4.39 Å². The van der Waals surface area contributed by atoms with E-state index in [1.54, 1.807) is 4.90 Å². The van der Waals surface area contributed by atoms with Crippen LogP contribution < -0.4 is 0 Å². The molecule has 3 heterocycles. The molecule has 138 valence electrons. The second-order valence-electron chi connectivity index (χ2n) is 6.89. The molecule has 4 rings (SSSR count). The molecule has 1 aromatic heterocycles. The van der Waals surface area contributed by atoms with Crippen LogP contribution in [0.1, 0.15) is 53.7 Å². The third-order valence-electron chi connectivity index (χ3n) is 5.09. The summed E-state index contributed by atoms with van der Waals surface area (Å²) >= 11 is 6.05. The molecular weight excluding hydrogens is 359 g/mol. The van der Waals surface area contributed by atoms with Gasteiger partial charge >= 0.3 is 0 Å². The summed E-state index contributed by atoms with van der Waals surface area (Å²) in [5, 5.41) is 8.86. The van der Waals surface area contributed by atoms with Crippen molar-refractivity contribution in [3.8, 4) is 0 Å². The Balaban J connectivity index is 1.58. The van der Waals surface area contributed by atoms with E-state index in [-0.39, 0.29) is 17.0 Å². The second-order valence-corrected chi connectivity index (χ2v) is 7.30. The Kier molecular flexibility index (Phi) is 4.67. The molecule has 0 radical (unpaired) electrons. The van der Waals surface area contributed by atoms with Gasteiger partial charge in [-0.2, -0.15) is 0 Å². The Labute approximate surface area is 155 Å². The summed E-state index contributed by atoms with van der Waals surface area (Å²) < 4.78 is 20.8. The number of carbonyl (C=O) groups excluding carboxylic acids is 1. The van der Waals surface area contributed by atoms with Crippen molar-refractivity contribution in [2.75, 3.05) is 19.8 Å². The van der Waals surface area contributed by atoms with Crippen LogP contribution in [0, 0.1) is 5.82 Å². The lowest BCUT2D eigenvalue weighted by Gasteiger charge is -2.34. The van der Waals surface area contributed by atoms with Gasteiger partial charge in [0.2, 0.25) is 0 Å². The minimum Gasteiger partial charge on any atom is -0.381 e. The minimum absolute atomic E-state index is 0.0646.